The zero-order chi connectivity index (χ0) is 67.2. The van der Waals surface area contributed by atoms with E-state index >= 15 is 0 Å². The van der Waals surface area contributed by atoms with Crippen molar-refractivity contribution >= 4 is 39.5 Å². The molecule has 0 aromatic heterocycles. The van der Waals surface area contributed by atoms with Crippen LogP contribution in [-0.2, 0) is 65.4 Å². The van der Waals surface area contributed by atoms with Crippen LogP contribution in [0.5, 0.6) is 0 Å². The molecule has 0 aliphatic rings. The molecular formula is C72H140O17P2. The standard InChI is InChI=1S/C72H140O17P2/c1-7-9-11-13-15-16-17-18-19-20-21-26-32-38-44-50-56-71(76)89-68(61-83-70(75)55-49-43-37-31-27-22-24-29-35-40-46-52-64(3)4)63-87-91(80,81)85-59-66(73)58-84-90(78,79)86-62-67(60-82-69(74)54-48-42-34-14-12-10-8-2)88-72(77)57-51-45-39-33-28-23-25-30-36-41-47-53-65(5)6/h64-68,73H,7-63H2,1-6H3,(H,78,79)(H,80,81)/t66-,67+,68+/m0/s1. The summed E-state index contributed by atoms with van der Waals surface area (Å²) >= 11 is 0. The Balaban J connectivity index is 5.21. The van der Waals surface area contributed by atoms with E-state index in [0.717, 1.165) is 115 Å². The van der Waals surface area contributed by atoms with Crippen LogP contribution in [0.3, 0.4) is 0 Å². The lowest BCUT2D eigenvalue weighted by Crippen LogP contribution is -2.30. The van der Waals surface area contributed by atoms with Gasteiger partial charge in [0.25, 0.3) is 0 Å². The number of aliphatic hydroxyl groups excluding tert-OH is 1. The second-order valence-corrected chi connectivity index (χ2v) is 29.8. The maximum atomic E-state index is 13.0. The van der Waals surface area contributed by atoms with Gasteiger partial charge in [-0.1, -0.05) is 318 Å². The van der Waals surface area contributed by atoms with Gasteiger partial charge < -0.3 is 33.8 Å². The number of hydrogen-bond donors (Lipinski definition) is 3. The van der Waals surface area contributed by atoms with Crippen molar-refractivity contribution in [3.63, 3.8) is 0 Å². The number of unbranched alkanes of at least 4 members (excludes halogenated alkanes) is 41. The second-order valence-electron chi connectivity index (χ2n) is 26.9. The number of ether oxygens (including phenoxy) is 4. The van der Waals surface area contributed by atoms with Crippen molar-refractivity contribution < 1.29 is 80.2 Å². The zero-order valence-electron chi connectivity index (χ0n) is 59.1. The van der Waals surface area contributed by atoms with Crippen molar-refractivity contribution in [1.82, 2.24) is 0 Å². The van der Waals surface area contributed by atoms with Gasteiger partial charge in [-0.3, -0.25) is 37.3 Å². The van der Waals surface area contributed by atoms with Crippen LogP contribution in [0.1, 0.15) is 369 Å². The second kappa shape index (κ2) is 64.1. The lowest BCUT2D eigenvalue weighted by atomic mass is 10.0. The van der Waals surface area contributed by atoms with E-state index in [-0.39, 0.29) is 25.7 Å². The lowest BCUT2D eigenvalue weighted by Gasteiger charge is -2.21. The Labute approximate surface area is 556 Å². The zero-order valence-corrected chi connectivity index (χ0v) is 60.9. The highest BCUT2D eigenvalue weighted by Gasteiger charge is 2.30. The highest BCUT2D eigenvalue weighted by Crippen LogP contribution is 2.45. The van der Waals surface area contributed by atoms with E-state index in [9.17, 15) is 43.2 Å². The molecular weight excluding hydrogens is 1200 g/mol. The van der Waals surface area contributed by atoms with Crippen molar-refractivity contribution in [2.45, 2.75) is 387 Å². The molecule has 5 atom stereocenters. The fraction of sp³-hybridized carbons (Fsp3) is 0.944. The minimum atomic E-state index is -4.95. The van der Waals surface area contributed by atoms with E-state index in [1.54, 1.807) is 0 Å². The van der Waals surface area contributed by atoms with Gasteiger partial charge in [-0.05, 0) is 37.5 Å². The highest BCUT2D eigenvalue weighted by atomic mass is 31.2. The fourth-order valence-electron chi connectivity index (χ4n) is 10.9. The van der Waals surface area contributed by atoms with E-state index in [1.165, 1.54) is 173 Å². The Hall–Kier alpha value is -1.94. The summed E-state index contributed by atoms with van der Waals surface area (Å²) in [6, 6.07) is 0. The first-order valence-corrected chi connectivity index (χ1v) is 40.5. The largest absolute Gasteiger partial charge is 0.472 e. The normalized spacial score (nSPS) is 14.1. The topological polar surface area (TPSA) is 237 Å². The first kappa shape index (κ1) is 89.1. The summed E-state index contributed by atoms with van der Waals surface area (Å²) in [4.78, 5) is 72.5. The summed E-state index contributed by atoms with van der Waals surface area (Å²) in [5.41, 5.74) is 0. The highest BCUT2D eigenvalue weighted by molar-refractivity contribution is 7.47. The van der Waals surface area contributed by atoms with Crippen molar-refractivity contribution in [2.75, 3.05) is 39.6 Å². The molecule has 0 aliphatic heterocycles. The van der Waals surface area contributed by atoms with E-state index in [0.29, 0.717) is 25.7 Å². The summed E-state index contributed by atoms with van der Waals surface area (Å²) in [7, 11) is -9.90. The molecule has 2 unspecified atom stereocenters. The third-order valence-electron chi connectivity index (χ3n) is 16.7. The summed E-state index contributed by atoms with van der Waals surface area (Å²) < 4.78 is 68.3. The molecule has 0 bridgehead atoms. The molecule has 0 saturated heterocycles. The van der Waals surface area contributed by atoms with Crippen molar-refractivity contribution in [3.05, 3.63) is 0 Å². The average Bonchev–Trinajstić information content (AvgIpc) is 3.57. The van der Waals surface area contributed by atoms with Gasteiger partial charge in [0.15, 0.2) is 12.2 Å². The van der Waals surface area contributed by atoms with Crippen LogP contribution < -0.4 is 0 Å². The van der Waals surface area contributed by atoms with Gasteiger partial charge in [0, 0.05) is 25.7 Å². The maximum absolute atomic E-state index is 13.0. The molecule has 0 aromatic rings. The van der Waals surface area contributed by atoms with E-state index in [1.807, 2.05) is 0 Å². The Morgan fingerprint density at radius 3 is 0.747 bits per heavy atom. The lowest BCUT2D eigenvalue weighted by molar-refractivity contribution is -0.161. The van der Waals surface area contributed by atoms with Crippen molar-refractivity contribution in [2.24, 2.45) is 11.8 Å². The van der Waals surface area contributed by atoms with Gasteiger partial charge in [0.05, 0.1) is 26.4 Å². The average molecular weight is 1340 g/mol. The number of aliphatic hydroxyl groups is 1. The summed E-state index contributed by atoms with van der Waals surface area (Å²) in [5, 5.41) is 10.6. The molecule has 0 fully saturated rings. The van der Waals surface area contributed by atoms with E-state index in [4.69, 9.17) is 37.0 Å². The number of rotatable bonds is 71. The van der Waals surface area contributed by atoms with Crippen LogP contribution >= 0.6 is 15.6 Å². The molecule has 0 spiro atoms. The molecule has 540 valence electrons. The molecule has 0 aliphatic carbocycles. The predicted molar refractivity (Wildman–Crippen MR) is 368 cm³/mol. The molecule has 19 heteroatoms. The molecule has 3 N–H and O–H groups in total. The number of phosphoric acid groups is 2. The number of carbonyl (C=O) groups excluding carboxylic acids is 4. The third-order valence-corrected chi connectivity index (χ3v) is 18.6. The summed E-state index contributed by atoms with van der Waals surface area (Å²) in [6.07, 6.45) is 50.0. The Morgan fingerprint density at radius 2 is 0.505 bits per heavy atom. The molecule has 0 amide bonds. The van der Waals surface area contributed by atoms with Gasteiger partial charge >= 0.3 is 39.5 Å². The van der Waals surface area contributed by atoms with Gasteiger partial charge in [-0.15, -0.1) is 0 Å². The van der Waals surface area contributed by atoms with Crippen molar-refractivity contribution in [3.8, 4) is 0 Å². The van der Waals surface area contributed by atoms with Crippen LogP contribution in [-0.4, -0.2) is 96.7 Å². The first-order valence-electron chi connectivity index (χ1n) is 37.5. The van der Waals surface area contributed by atoms with Crippen LogP contribution in [0.25, 0.3) is 0 Å². The Morgan fingerprint density at radius 1 is 0.297 bits per heavy atom. The minimum absolute atomic E-state index is 0.106. The molecule has 0 rings (SSSR count). The molecule has 0 saturated carbocycles. The molecule has 91 heavy (non-hydrogen) atoms. The number of phosphoric ester groups is 2. The monoisotopic (exact) mass is 1340 g/mol. The molecule has 0 heterocycles. The van der Waals surface area contributed by atoms with Gasteiger partial charge in [0.2, 0.25) is 0 Å². The van der Waals surface area contributed by atoms with Crippen LogP contribution in [0.2, 0.25) is 0 Å². The maximum Gasteiger partial charge on any atom is 0.472 e. The predicted octanol–water partition coefficient (Wildman–Crippen LogP) is 20.8. The van der Waals surface area contributed by atoms with Crippen LogP contribution in [0.15, 0.2) is 0 Å². The number of hydrogen-bond acceptors (Lipinski definition) is 15. The Bertz CT molecular complexity index is 1770. The minimum Gasteiger partial charge on any atom is -0.462 e. The number of carbonyl (C=O) groups is 4. The van der Waals surface area contributed by atoms with Gasteiger partial charge in [0.1, 0.15) is 19.3 Å². The quantitative estimate of drug-likeness (QED) is 0.0222. The van der Waals surface area contributed by atoms with E-state index in [2.05, 4.69) is 41.5 Å². The van der Waals surface area contributed by atoms with Gasteiger partial charge in [-0.25, -0.2) is 9.13 Å². The summed E-state index contributed by atoms with van der Waals surface area (Å²) in [6.45, 7) is 9.53. The van der Waals surface area contributed by atoms with Crippen molar-refractivity contribution in [1.29, 1.82) is 0 Å². The molecule has 0 aromatic carbocycles. The fourth-order valence-corrected chi connectivity index (χ4v) is 12.5. The SMILES string of the molecule is CCCCCCCCCCCCCCCCCCC(=O)O[C@H](COC(=O)CCCCCCCCCCCCCC(C)C)COP(=O)(O)OC[C@@H](O)COP(=O)(O)OC[C@@H](COC(=O)CCCCCCCCC)OC(=O)CCCCCCCCCCCCCC(C)C. The molecule has 0 radical (unpaired) electrons. The Kier molecular flexibility index (Phi) is 62.7. The van der Waals surface area contributed by atoms with Gasteiger partial charge in [-0.2, -0.15) is 0 Å². The summed E-state index contributed by atoms with van der Waals surface area (Å²) in [5.74, 6) is -0.587. The van der Waals surface area contributed by atoms with E-state index < -0.39 is 97.5 Å². The van der Waals surface area contributed by atoms with Crippen LogP contribution in [0.4, 0.5) is 0 Å². The molecule has 17 nitrogen and oxygen atoms in total. The van der Waals surface area contributed by atoms with Crippen LogP contribution in [0, 0.1) is 11.8 Å². The smallest absolute Gasteiger partial charge is 0.462 e. The third kappa shape index (κ3) is 66.5. The first-order chi connectivity index (χ1) is 43.9. The number of esters is 4.